The first-order valence-corrected chi connectivity index (χ1v) is 9.86. The van der Waals surface area contributed by atoms with E-state index in [1.54, 1.807) is 30.1 Å². The van der Waals surface area contributed by atoms with Crippen LogP contribution in [-0.2, 0) is 11.3 Å². The number of carbonyl (C=O) groups is 2. The lowest BCUT2D eigenvalue weighted by molar-refractivity contribution is -0.124. The number of carbonyl (C=O) groups excluding carboxylic acids is 2. The Morgan fingerprint density at radius 3 is 2.57 bits per heavy atom. The van der Waals surface area contributed by atoms with Gasteiger partial charge in [0.15, 0.2) is 0 Å². The third-order valence-corrected chi connectivity index (χ3v) is 6.02. The third kappa shape index (κ3) is 3.31. The van der Waals surface area contributed by atoms with Gasteiger partial charge in [-0.05, 0) is 40.8 Å². The Labute approximate surface area is 166 Å². The van der Waals surface area contributed by atoms with E-state index in [4.69, 9.17) is 0 Å². The summed E-state index contributed by atoms with van der Waals surface area (Å²) in [5.74, 6) is -1.07. The summed E-state index contributed by atoms with van der Waals surface area (Å²) in [4.78, 5) is 28.7. The fourth-order valence-electron chi connectivity index (χ4n) is 3.67. The SMILES string of the molecule is CN1C(=O)c2ccccc2C(C(=O)NCc2ccc(F)cc2)C1c1cccs1. The van der Waals surface area contributed by atoms with Crippen LogP contribution in [-0.4, -0.2) is 23.8 Å². The molecule has 2 unspecified atom stereocenters. The maximum atomic E-state index is 13.2. The van der Waals surface area contributed by atoms with Crippen LogP contribution in [0, 0.1) is 5.82 Å². The van der Waals surface area contributed by atoms with Crippen molar-refractivity contribution in [3.63, 3.8) is 0 Å². The minimum absolute atomic E-state index is 0.0865. The van der Waals surface area contributed by atoms with E-state index in [1.807, 2.05) is 35.7 Å². The molecule has 2 atom stereocenters. The van der Waals surface area contributed by atoms with Gasteiger partial charge in [-0.2, -0.15) is 0 Å². The van der Waals surface area contributed by atoms with Crippen LogP contribution in [0.5, 0.6) is 0 Å². The summed E-state index contributed by atoms with van der Waals surface area (Å²) < 4.78 is 13.1. The van der Waals surface area contributed by atoms with Crippen molar-refractivity contribution < 1.29 is 14.0 Å². The van der Waals surface area contributed by atoms with E-state index >= 15 is 0 Å². The second-order valence-electron chi connectivity index (χ2n) is 6.79. The number of thiophene rings is 1. The van der Waals surface area contributed by atoms with Gasteiger partial charge in [0.25, 0.3) is 5.91 Å². The Hall–Kier alpha value is -2.99. The molecule has 2 aromatic carbocycles. The molecule has 1 N–H and O–H groups in total. The molecule has 4 nitrogen and oxygen atoms in total. The normalized spacial score (nSPS) is 18.6. The number of rotatable bonds is 4. The molecule has 0 bridgehead atoms. The minimum atomic E-state index is -0.516. The number of benzene rings is 2. The summed E-state index contributed by atoms with van der Waals surface area (Å²) in [6.07, 6.45) is 0. The predicted octanol–water partition coefficient (Wildman–Crippen LogP) is 4.11. The summed E-state index contributed by atoms with van der Waals surface area (Å²) in [6, 6.07) is 16.8. The van der Waals surface area contributed by atoms with Gasteiger partial charge in [0, 0.05) is 24.0 Å². The fraction of sp³-hybridized carbons (Fsp3) is 0.182. The maximum absolute atomic E-state index is 13.2. The van der Waals surface area contributed by atoms with Crippen molar-refractivity contribution in [1.29, 1.82) is 0 Å². The maximum Gasteiger partial charge on any atom is 0.254 e. The molecule has 0 spiro atoms. The van der Waals surface area contributed by atoms with Gasteiger partial charge in [0.2, 0.25) is 5.91 Å². The molecule has 6 heteroatoms. The van der Waals surface area contributed by atoms with Gasteiger partial charge in [-0.1, -0.05) is 36.4 Å². The van der Waals surface area contributed by atoms with E-state index in [0.717, 1.165) is 16.0 Å². The van der Waals surface area contributed by atoms with Crippen molar-refractivity contribution >= 4 is 23.2 Å². The number of nitrogens with one attached hydrogen (secondary N) is 1. The van der Waals surface area contributed by atoms with Crippen molar-refractivity contribution in [3.05, 3.63) is 93.4 Å². The molecule has 0 radical (unpaired) electrons. The van der Waals surface area contributed by atoms with E-state index in [-0.39, 0.29) is 23.7 Å². The molecule has 0 saturated carbocycles. The molecule has 2 heterocycles. The van der Waals surface area contributed by atoms with Crippen LogP contribution >= 0.6 is 11.3 Å². The Bertz CT molecular complexity index is 1000. The van der Waals surface area contributed by atoms with Crippen LogP contribution in [0.25, 0.3) is 0 Å². The van der Waals surface area contributed by atoms with Gasteiger partial charge in [0.05, 0.1) is 12.0 Å². The highest BCUT2D eigenvalue weighted by molar-refractivity contribution is 7.10. The highest BCUT2D eigenvalue weighted by Gasteiger charge is 2.42. The summed E-state index contributed by atoms with van der Waals surface area (Å²) in [7, 11) is 1.74. The van der Waals surface area contributed by atoms with Crippen molar-refractivity contribution in [2.45, 2.75) is 18.5 Å². The highest BCUT2D eigenvalue weighted by Crippen LogP contribution is 2.43. The smallest absolute Gasteiger partial charge is 0.254 e. The first kappa shape index (κ1) is 18.4. The third-order valence-electron chi connectivity index (χ3n) is 5.08. The number of likely N-dealkylation sites (N-methyl/N-ethyl adjacent to an activating group) is 1. The number of hydrogen-bond donors (Lipinski definition) is 1. The van der Waals surface area contributed by atoms with Crippen LogP contribution < -0.4 is 5.32 Å². The second kappa shape index (κ2) is 7.56. The first-order valence-electron chi connectivity index (χ1n) is 8.98. The van der Waals surface area contributed by atoms with Crippen LogP contribution in [0.4, 0.5) is 4.39 Å². The lowest BCUT2D eigenvalue weighted by atomic mass is 9.81. The Morgan fingerprint density at radius 1 is 1.11 bits per heavy atom. The zero-order chi connectivity index (χ0) is 19.7. The Balaban J connectivity index is 1.68. The number of hydrogen-bond acceptors (Lipinski definition) is 3. The van der Waals surface area contributed by atoms with Crippen molar-refractivity contribution in [3.8, 4) is 0 Å². The number of fused-ring (bicyclic) bond motifs is 1. The molecule has 142 valence electrons. The zero-order valence-corrected chi connectivity index (χ0v) is 16.1. The first-order chi connectivity index (χ1) is 13.6. The minimum Gasteiger partial charge on any atom is -0.351 e. The number of amides is 2. The quantitative estimate of drug-likeness (QED) is 0.724. The van der Waals surface area contributed by atoms with Gasteiger partial charge in [-0.3, -0.25) is 9.59 Å². The lowest BCUT2D eigenvalue weighted by Crippen LogP contribution is -2.45. The average molecular weight is 394 g/mol. The predicted molar refractivity (Wildman–Crippen MR) is 107 cm³/mol. The molecule has 0 saturated heterocycles. The lowest BCUT2D eigenvalue weighted by Gasteiger charge is -2.39. The molecule has 0 aliphatic carbocycles. The van der Waals surface area contributed by atoms with Crippen LogP contribution in [0.15, 0.2) is 66.0 Å². The van der Waals surface area contributed by atoms with E-state index < -0.39 is 5.92 Å². The second-order valence-corrected chi connectivity index (χ2v) is 7.76. The fourth-order valence-corrected chi connectivity index (χ4v) is 4.58. The number of nitrogens with zero attached hydrogens (tertiary/aromatic N) is 1. The average Bonchev–Trinajstić information content (AvgIpc) is 3.24. The van der Waals surface area contributed by atoms with E-state index in [1.165, 1.54) is 23.5 Å². The molecule has 28 heavy (non-hydrogen) atoms. The number of halogens is 1. The standard InChI is InChI=1S/C22H19FN2O2S/c1-25-20(18-7-4-12-28-18)19(16-5-2-3-6-17(16)22(25)27)21(26)24-13-14-8-10-15(23)11-9-14/h2-12,19-20H,13H2,1H3,(H,24,26). The molecule has 0 fully saturated rings. The van der Waals surface area contributed by atoms with Crippen LogP contribution in [0.1, 0.15) is 38.3 Å². The van der Waals surface area contributed by atoms with Gasteiger partial charge < -0.3 is 10.2 Å². The Kier molecular flexibility index (Phi) is 4.96. The molecule has 3 aromatic rings. The van der Waals surface area contributed by atoms with Crippen molar-refractivity contribution in [2.24, 2.45) is 0 Å². The van der Waals surface area contributed by atoms with Crippen molar-refractivity contribution in [2.75, 3.05) is 7.05 Å². The molecule has 4 rings (SSSR count). The van der Waals surface area contributed by atoms with Crippen LogP contribution in [0.3, 0.4) is 0 Å². The molecule has 1 aliphatic heterocycles. The Morgan fingerprint density at radius 2 is 1.86 bits per heavy atom. The molecular formula is C22H19FN2O2S. The monoisotopic (exact) mass is 394 g/mol. The highest BCUT2D eigenvalue weighted by atomic mass is 32.1. The molecule has 1 aromatic heterocycles. The van der Waals surface area contributed by atoms with E-state index in [2.05, 4.69) is 5.32 Å². The molecule has 1 aliphatic rings. The summed E-state index contributed by atoms with van der Waals surface area (Å²) in [6.45, 7) is 0.298. The van der Waals surface area contributed by atoms with Gasteiger partial charge in [-0.25, -0.2) is 4.39 Å². The van der Waals surface area contributed by atoms with Crippen LogP contribution in [0.2, 0.25) is 0 Å². The summed E-state index contributed by atoms with van der Waals surface area (Å²) in [5, 5.41) is 4.91. The summed E-state index contributed by atoms with van der Waals surface area (Å²) in [5.41, 5.74) is 2.11. The topological polar surface area (TPSA) is 49.4 Å². The van der Waals surface area contributed by atoms with E-state index in [0.29, 0.717) is 12.1 Å². The van der Waals surface area contributed by atoms with Gasteiger partial charge in [-0.15, -0.1) is 11.3 Å². The van der Waals surface area contributed by atoms with E-state index in [9.17, 15) is 14.0 Å². The summed E-state index contributed by atoms with van der Waals surface area (Å²) >= 11 is 1.53. The van der Waals surface area contributed by atoms with Crippen molar-refractivity contribution in [1.82, 2.24) is 10.2 Å². The largest absolute Gasteiger partial charge is 0.351 e. The van der Waals surface area contributed by atoms with Gasteiger partial charge >= 0.3 is 0 Å². The zero-order valence-electron chi connectivity index (χ0n) is 15.3. The molecular weight excluding hydrogens is 375 g/mol. The van der Waals surface area contributed by atoms with Gasteiger partial charge in [0.1, 0.15) is 5.82 Å². The molecule has 2 amide bonds.